The molecular weight excluding hydrogens is 350 g/mol. The molecule has 1 saturated heterocycles. The van der Waals surface area contributed by atoms with Gasteiger partial charge in [0.25, 0.3) is 5.91 Å². The maximum absolute atomic E-state index is 12.6. The molecule has 0 aromatic carbocycles. The van der Waals surface area contributed by atoms with Gasteiger partial charge in [0, 0.05) is 56.9 Å². The van der Waals surface area contributed by atoms with Gasteiger partial charge in [-0.3, -0.25) is 4.79 Å². The topological polar surface area (TPSA) is 98.0 Å². The number of hydrogen-bond acceptors (Lipinski definition) is 7. The third kappa shape index (κ3) is 3.55. The molecule has 1 atom stereocenters. The summed E-state index contributed by atoms with van der Waals surface area (Å²) < 4.78 is 0. The number of carbonyl (C=O) groups excluding carboxylic acids is 1. The molecule has 1 unspecified atom stereocenters. The minimum atomic E-state index is -0.0248. The molecule has 2 aromatic rings. The predicted octanol–water partition coefficient (Wildman–Crippen LogP) is 0.339. The normalized spacial score (nSPS) is 20.9. The van der Waals surface area contributed by atoms with Gasteiger partial charge in [-0.25, -0.2) is 9.97 Å². The van der Waals surface area contributed by atoms with Crippen molar-refractivity contribution in [3.63, 3.8) is 0 Å². The molecule has 1 amide bonds. The van der Waals surface area contributed by atoms with Crippen LogP contribution in [0, 0.1) is 6.92 Å². The van der Waals surface area contributed by atoms with E-state index >= 15 is 0 Å². The third-order valence-electron chi connectivity index (χ3n) is 4.64. The fraction of sp³-hybridized carbons (Fsp3) is 0.471. The molecule has 0 aliphatic carbocycles. The Bertz CT molecular complexity index is 828. The standard InChI is InChI=1S/C17H23N7OS/c1-11-6-20-15-14(11)16(23-10-22-15)24-4-5-26-13(9-24)17(25)21-8-12-7-18-2-3-19-12/h6,9-10,12,18-19H,2-5,7-8H2,1H3,(H,21,25)(H,20,22,23). The van der Waals surface area contributed by atoms with E-state index < -0.39 is 0 Å². The Kier molecular flexibility index (Phi) is 5.09. The van der Waals surface area contributed by atoms with E-state index in [9.17, 15) is 4.79 Å². The number of rotatable bonds is 4. The zero-order valence-corrected chi connectivity index (χ0v) is 15.5. The van der Waals surface area contributed by atoms with Gasteiger partial charge in [-0.2, -0.15) is 0 Å². The number of anilines is 1. The van der Waals surface area contributed by atoms with Crippen molar-refractivity contribution < 1.29 is 4.79 Å². The summed E-state index contributed by atoms with van der Waals surface area (Å²) >= 11 is 1.59. The summed E-state index contributed by atoms with van der Waals surface area (Å²) in [6.45, 7) is 6.26. The maximum Gasteiger partial charge on any atom is 0.259 e. The van der Waals surface area contributed by atoms with Crippen LogP contribution in [0.3, 0.4) is 0 Å². The van der Waals surface area contributed by atoms with E-state index in [0.29, 0.717) is 6.54 Å². The van der Waals surface area contributed by atoms with Crippen molar-refractivity contribution in [3.8, 4) is 0 Å². The van der Waals surface area contributed by atoms with Crippen LogP contribution in [0.2, 0.25) is 0 Å². The minimum Gasteiger partial charge on any atom is -0.350 e. The van der Waals surface area contributed by atoms with Crippen LogP contribution in [0.25, 0.3) is 11.0 Å². The summed E-state index contributed by atoms with van der Waals surface area (Å²) in [6, 6.07) is 0.280. The van der Waals surface area contributed by atoms with Gasteiger partial charge in [-0.15, -0.1) is 11.8 Å². The van der Waals surface area contributed by atoms with Crippen LogP contribution in [0.5, 0.6) is 0 Å². The van der Waals surface area contributed by atoms with Crippen LogP contribution in [0.15, 0.2) is 23.6 Å². The Morgan fingerprint density at radius 2 is 2.35 bits per heavy atom. The van der Waals surface area contributed by atoms with Crippen molar-refractivity contribution in [2.24, 2.45) is 0 Å². The molecule has 26 heavy (non-hydrogen) atoms. The van der Waals surface area contributed by atoms with E-state index in [2.05, 4.69) is 35.8 Å². The monoisotopic (exact) mass is 373 g/mol. The highest BCUT2D eigenvalue weighted by atomic mass is 32.2. The molecule has 4 heterocycles. The summed E-state index contributed by atoms with van der Waals surface area (Å²) in [5.74, 6) is 1.66. The molecule has 8 nitrogen and oxygen atoms in total. The van der Waals surface area contributed by atoms with E-state index in [-0.39, 0.29) is 11.9 Å². The van der Waals surface area contributed by atoms with Crippen LogP contribution < -0.4 is 20.9 Å². The molecule has 2 aliphatic rings. The number of H-pyrrole nitrogens is 1. The second-order valence-electron chi connectivity index (χ2n) is 6.49. The Hall–Kier alpha value is -2.10. The lowest BCUT2D eigenvalue weighted by Crippen LogP contribution is -2.53. The van der Waals surface area contributed by atoms with Gasteiger partial charge in [0.15, 0.2) is 0 Å². The second-order valence-corrected chi connectivity index (χ2v) is 7.63. The summed E-state index contributed by atoms with van der Waals surface area (Å²) in [6.07, 6.45) is 5.40. The highest BCUT2D eigenvalue weighted by Crippen LogP contribution is 2.30. The number of hydrogen-bond donors (Lipinski definition) is 4. The molecule has 138 valence electrons. The molecule has 2 aromatic heterocycles. The number of nitrogens with one attached hydrogen (secondary N) is 4. The first-order valence-corrected chi connectivity index (χ1v) is 9.83. The fourth-order valence-electron chi connectivity index (χ4n) is 3.26. The molecule has 0 radical (unpaired) electrons. The Labute approximate surface area is 156 Å². The van der Waals surface area contributed by atoms with E-state index in [0.717, 1.165) is 59.3 Å². The average Bonchev–Trinajstić information content (AvgIpc) is 3.08. The molecule has 0 bridgehead atoms. The smallest absolute Gasteiger partial charge is 0.259 e. The Morgan fingerprint density at radius 3 is 3.19 bits per heavy atom. The molecule has 9 heteroatoms. The van der Waals surface area contributed by atoms with Crippen molar-refractivity contribution >= 4 is 34.5 Å². The van der Waals surface area contributed by atoms with Crippen LogP contribution in [-0.4, -0.2) is 65.4 Å². The molecule has 0 saturated carbocycles. The zero-order chi connectivity index (χ0) is 17.9. The SMILES string of the molecule is Cc1c[nH]c2ncnc(N3C=C(C(=O)NCC4CNCCN4)SCC3)c12. The Morgan fingerprint density at radius 1 is 1.42 bits per heavy atom. The lowest BCUT2D eigenvalue weighted by Gasteiger charge is -2.27. The first kappa shape index (κ1) is 17.3. The predicted molar refractivity (Wildman–Crippen MR) is 104 cm³/mol. The van der Waals surface area contributed by atoms with Crippen molar-refractivity contribution in [1.29, 1.82) is 0 Å². The largest absolute Gasteiger partial charge is 0.350 e. The quantitative estimate of drug-likeness (QED) is 0.613. The van der Waals surface area contributed by atoms with Gasteiger partial charge in [0.05, 0.1) is 10.3 Å². The van der Waals surface area contributed by atoms with Crippen molar-refractivity contribution in [1.82, 2.24) is 30.9 Å². The highest BCUT2D eigenvalue weighted by molar-refractivity contribution is 8.04. The molecule has 4 rings (SSSR count). The van der Waals surface area contributed by atoms with Gasteiger partial charge in [0.2, 0.25) is 0 Å². The number of thioether (sulfide) groups is 1. The minimum absolute atomic E-state index is 0.0248. The molecule has 0 spiro atoms. The molecule has 1 fully saturated rings. The molecule has 4 N–H and O–H groups in total. The van der Waals surface area contributed by atoms with Crippen molar-refractivity contribution in [2.45, 2.75) is 13.0 Å². The number of carbonyl (C=O) groups is 1. The second kappa shape index (κ2) is 7.65. The lowest BCUT2D eigenvalue weighted by molar-refractivity contribution is -0.116. The average molecular weight is 373 g/mol. The van der Waals surface area contributed by atoms with E-state index in [4.69, 9.17) is 0 Å². The summed E-state index contributed by atoms with van der Waals surface area (Å²) in [5, 5.41) is 10.8. The van der Waals surface area contributed by atoms with E-state index in [1.807, 2.05) is 19.3 Å². The number of fused-ring (bicyclic) bond motifs is 1. The summed E-state index contributed by atoms with van der Waals surface area (Å²) in [4.78, 5) is 27.3. The summed E-state index contributed by atoms with van der Waals surface area (Å²) in [7, 11) is 0. The number of aryl methyl sites for hydroxylation is 1. The Balaban J connectivity index is 1.49. The van der Waals surface area contributed by atoms with E-state index in [1.165, 1.54) is 0 Å². The zero-order valence-electron chi connectivity index (χ0n) is 14.7. The van der Waals surface area contributed by atoms with Gasteiger partial charge < -0.3 is 25.8 Å². The molecular formula is C17H23N7OS. The first-order chi connectivity index (χ1) is 12.7. The van der Waals surface area contributed by atoms with Crippen LogP contribution in [0.4, 0.5) is 5.82 Å². The lowest BCUT2D eigenvalue weighted by atomic mass is 10.2. The van der Waals surface area contributed by atoms with Crippen molar-refractivity contribution in [2.75, 3.05) is 43.4 Å². The van der Waals surface area contributed by atoms with Gasteiger partial charge in [-0.1, -0.05) is 0 Å². The maximum atomic E-state index is 12.6. The third-order valence-corrected chi connectivity index (χ3v) is 5.63. The fourth-order valence-corrected chi connectivity index (χ4v) is 4.18. The number of nitrogens with zero attached hydrogens (tertiary/aromatic N) is 3. The number of piperazine rings is 1. The number of amides is 1. The number of aromatic nitrogens is 3. The van der Waals surface area contributed by atoms with Crippen LogP contribution >= 0.6 is 11.8 Å². The first-order valence-electron chi connectivity index (χ1n) is 8.84. The summed E-state index contributed by atoms with van der Waals surface area (Å²) in [5.41, 5.74) is 1.92. The van der Waals surface area contributed by atoms with Crippen molar-refractivity contribution in [3.05, 3.63) is 29.2 Å². The van der Waals surface area contributed by atoms with Gasteiger partial charge in [-0.05, 0) is 12.5 Å². The number of aromatic amines is 1. The van der Waals surface area contributed by atoms with Crippen LogP contribution in [-0.2, 0) is 4.79 Å². The van der Waals surface area contributed by atoms with Gasteiger partial charge >= 0.3 is 0 Å². The van der Waals surface area contributed by atoms with Gasteiger partial charge in [0.1, 0.15) is 17.8 Å². The van der Waals surface area contributed by atoms with Crippen LogP contribution in [0.1, 0.15) is 5.56 Å². The highest BCUT2D eigenvalue weighted by Gasteiger charge is 2.22. The molecule has 2 aliphatic heterocycles. The van der Waals surface area contributed by atoms with E-state index in [1.54, 1.807) is 18.1 Å².